The highest BCUT2D eigenvalue weighted by Gasteiger charge is 2.28. The Kier molecular flexibility index (Phi) is 4.01. The Morgan fingerprint density at radius 3 is 2.44 bits per heavy atom. The van der Waals surface area contributed by atoms with Gasteiger partial charge in [0, 0.05) is 5.69 Å². The minimum absolute atomic E-state index is 0.0927. The van der Waals surface area contributed by atoms with Gasteiger partial charge < -0.3 is 11.1 Å². The van der Waals surface area contributed by atoms with Gasteiger partial charge in [-0.25, -0.2) is 0 Å². The SMILES string of the molecule is CC(C)(N)C(=O)Nc1cccc(CC(F)(F)F)c1. The number of hydrogen-bond donors (Lipinski definition) is 2. The van der Waals surface area contributed by atoms with Crippen LogP contribution < -0.4 is 11.1 Å². The lowest BCUT2D eigenvalue weighted by atomic mass is 10.1. The van der Waals surface area contributed by atoms with E-state index in [4.69, 9.17) is 5.73 Å². The Labute approximate surface area is 103 Å². The molecule has 0 saturated carbocycles. The zero-order valence-corrected chi connectivity index (χ0v) is 10.1. The van der Waals surface area contributed by atoms with Gasteiger partial charge >= 0.3 is 6.18 Å². The quantitative estimate of drug-likeness (QED) is 0.877. The molecule has 0 fully saturated rings. The fourth-order valence-corrected chi connectivity index (χ4v) is 1.28. The lowest BCUT2D eigenvalue weighted by molar-refractivity contribution is -0.127. The van der Waals surface area contributed by atoms with E-state index in [9.17, 15) is 18.0 Å². The number of carbonyl (C=O) groups is 1. The summed E-state index contributed by atoms with van der Waals surface area (Å²) in [6.07, 6.45) is -5.29. The molecular formula is C12H15F3N2O. The zero-order valence-electron chi connectivity index (χ0n) is 10.1. The Hall–Kier alpha value is -1.56. The number of rotatable bonds is 3. The van der Waals surface area contributed by atoms with E-state index in [1.54, 1.807) is 0 Å². The van der Waals surface area contributed by atoms with Crippen molar-refractivity contribution in [2.45, 2.75) is 32.0 Å². The molecule has 1 rings (SSSR count). The van der Waals surface area contributed by atoms with Crippen molar-refractivity contribution >= 4 is 11.6 Å². The van der Waals surface area contributed by atoms with E-state index < -0.39 is 24.0 Å². The summed E-state index contributed by atoms with van der Waals surface area (Å²) in [6, 6.07) is 5.62. The van der Waals surface area contributed by atoms with Gasteiger partial charge in [-0.1, -0.05) is 12.1 Å². The van der Waals surface area contributed by atoms with Gasteiger partial charge in [-0.3, -0.25) is 4.79 Å². The molecule has 6 heteroatoms. The summed E-state index contributed by atoms with van der Waals surface area (Å²) in [7, 11) is 0. The second kappa shape index (κ2) is 4.97. The van der Waals surface area contributed by atoms with E-state index in [-0.39, 0.29) is 5.56 Å². The van der Waals surface area contributed by atoms with Gasteiger partial charge in [-0.05, 0) is 31.5 Å². The van der Waals surface area contributed by atoms with Gasteiger partial charge in [0.25, 0.3) is 0 Å². The molecule has 0 aliphatic heterocycles. The third-order valence-corrected chi connectivity index (χ3v) is 2.17. The highest BCUT2D eigenvalue weighted by Crippen LogP contribution is 2.23. The van der Waals surface area contributed by atoms with Crippen molar-refractivity contribution in [2.75, 3.05) is 5.32 Å². The van der Waals surface area contributed by atoms with Crippen molar-refractivity contribution in [1.82, 2.24) is 0 Å². The molecule has 0 heterocycles. The van der Waals surface area contributed by atoms with Crippen molar-refractivity contribution in [3.05, 3.63) is 29.8 Å². The minimum Gasteiger partial charge on any atom is -0.325 e. The molecular weight excluding hydrogens is 245 g/mol. The molecule has 0 unspecified atom stereocenters. The van der Waals surface area contributed by atoms with E-state index in [2.05, 4.69) is 5.32 Å². The Bertz CT molecular complexity index is 436. The molecule has 18 heavy (non-hydrogen) atoms. The van der Waals surface area contributed by atoms with Gasteiger partial charge in [0.1, 0.15) is 0 Å². The van der Waals surface area contributed by atoms with Crippen LogP contribution in [-0.2, 0) is 11.2 Å². The van der Waals surface area contributed by atoms with Crippen molar-refractivity contribution in [1.29, 1.82) is 0 Å². The number of anilines is 1. The topological polar surface area (TPSA) is 55.1 Å². The summed E-state index contributed by atoms with van der Waals surface area (Å²) >= 11 is 0. The summed E-state index contributed by atoms with van der Waals surface area (Å²) in [5.74, 6) is -0.452. The van der Waals surface area contributed by atoms with Crippen molar-refractivity contribution in [2.24, 2.45) is 5.73 Å². The molecule has 0 aromatic heterocycles. The van der Waals surface area contributed by atoms with E-state index in [0.29, 0.717) is 5.69 Å². The number of alkyl halides is 3. The lowest BCUT2D eigenvalue weighted by Gasteiger charge is -2.18. The van der Waals surface area contributed by atoms with Crippen LogP contribution in [-0.4, -0.2) is 17.6 Å². The smallest absolute Gasteiger partial charge is 0.325 e. The van der Waals surface area contributed by atoms with Gasteiger partial charge in [0.2, 0.25) is 5.91 Å². The average Bonchev–Trinajstić information content (AvgIpc) is 2.13. The molecule has 0 bridgehead atoms. The van der Waals surface area contributed by atoms with Gasteiger partial charge in [-0.15, -0.1) is 0 Å². The van der Waals surface area contributed by atoms with Crippen LogP contribution in [0.5, 0.6) is 0 Å². The van der Waals surface area contributed by atoms with E-state index in [1.807, 2.05) is 0 Å². The van der Waals surface area contributed by atoms with Gasteiger partial charge in [-0.2, -0.15) is 13.2 Å². The number of amides is 1. The molecule has 0 aliphatic rings. The molecule has 0 saturated heterocycles. The minimum atomic E-state index is -4.27. The predicted octanol–water partition coefficient (Wildman–Crippen LogP) is 2.47. The highest BCUT2D eigenvalue weighted by atomic mass is 19.4. The normalized spacial score (nSPS) is 12.3. The fourth-order valence-electron chi connectivity index (χ4n) is 1.28. The first-order valence-electron chi connectivity index (χ1n) is 5.34. The first-order valence-corrected chi connectivity index (χ1v) is 5.34. The van der Waals surface area contributed by atoms with Crippen molar-refractivity contribution in [3.63, 3.8) is 0 Å². The second-order valence-corrected chi connectivity index (χ2v) is 4.67. The van der Waals surface area contributed by atoms with Crippen molar-refractivity contribution < 1.29 is 18.0 Å². The van der Waals surface area contributed by atoms with Crippen molar-refractivity contribution in [3.8, 4) is 0 Å². The molecule has 1 amide bonds. The summed E-state index contributed by atoms with van der Waals surface area (Å²) in [6.45, 7) is 3.03. The molecule has 3 N–H and O–H groups in total. The first kappa shape index (κ1) is 14.5. The van der Waals surface area contributed by atoms with E-state index in [0.717, 1.165) is 0 Å². The monoisotopic (exact) mass is 260 g/mol. The van der Waals surface area contributed by atoms with Crippen LogP contribution in [0.3, 0.4) is 0 Å². The van der Waals surface area contributed by atoms with Crippen LogP contribution in [0.2, 0.25) is 0 Å². The fraction of sp³-hybridized carbons (Fsp3) is 0.417. The predicted molar refractivity (Wildman–Crippen MR) is 63.1 cm³/mol. The third-order valence-electron chi connectivity index (χ3n) is 2.17. The lowest BCUT2D eigenvalue weighted by Crippen LogP contribution is -2.45. The van der Waals surface area contributed by atoms with Crippen LogP contribution in [0.25, 0.3) is 0 Å². The molecule has 1 aromatic carbocycles. The van der Waals surface area contributed by atoms with E-state index in [1.165, 1.54) is 38.1 Å². The maximum atomic E-state index is 12.2. The largest absolute Gasteiger partial charge is 0.393 e. The number of nitrogens with one attached hydrogen (secondary N) is 1. The number of benzene rings is 1. The second-order valence-electron chi connectivity index (χ2n) is 4.67. The van der Waals surface area contributed by atoms with Crippen LogP contribution in [0, 0.1) is 0 Å². The number of halogens is 3. The Morgan fingerprint density at radius 1 is 1.33 bits per heavy atom. The molecule has 0 aliphatic carbocycles. The molecule has 3 nitrogen and oxygen atoms in total. The number of hydrogen-bond acceptors (Lipinski definition) is 2. The molecule has 100 valence electrons. The number of nitrogens with two attached hydrogens (primary N) is 1. The molecule has 0 radical (unpaired) electrons. The van der Waals surface area contributed by atoms with Crippen LogP contribution >= 0.6 is 0 Å². The van der Waals surface area contributed by atoms with Gasteiger partial charge in [0.05, 0.1) is 12.0 Å². The Balaban J connectivity index is 2.80. The Morgan fingerprint density at radius 2 is 1.94 bits per heavy atom. The summed E-state index contributed by atoms with van der Waals surface area (Å²) in [4.78, 5) is 11.6. The zero-order chi connectivity index (χ0) is 14.0. The average molecular weight is 260 g/mol. The first-order chi connectivity index (χ1) is 8.08. The maximum Gasteiger partial charge on any atom is 0.393 e. The molecule has 1 aromatic rings. The van der Waals surface area contributed by atoms with Gasteiger partial charge in [0.15, 0.2) is 0 Å². The highest BCUT2D eigenvalue weighted by molar-refractivity contribution is 5.97. The maximum absolute atomic E-state index is 12.2. The molecule has 0 spiro atoms. The summed E-state index contributed by atoms with van der Waals surface area (Å²) in [5.41, 5.74) is 4.89. The number of carbonyl (C=O) groups excluding carboxylic acids is 1. The van der Waals surface area contributed by atoms with Crippen LogP contribution in [0.1, 0.15) is 19.4 Å². The third kappa shape index (κ3) is 4.75. The van der Waals surface area contributed by atoms with Crippen LogP contribution in [0.15, 0.2) is 24.3 Å². The molecule has 0 atom stereocenters. The summed E-state index contributed by atoms with van der Waals surface area (Å²) in [5, 5.41) is 2.48. The van der Waals surface area contributed by atoms with Crippen LogP contribution in [0.4, 0.5) is 18.9 Å². The van der Waals surface area contributed by atoms with E-state index >= 15 is 0 Å². The summed E-state index contributed by atoms with van der Waals surface area (Å²) < 4.78 is 36.7. The standard InChI is InChI=1S/C12H15F3N2O/c1-11(2,16)10(18)17-9-5-3-4-8(6-9)7-12(13,14)15/h3-6H,7,16H2,1-2H3,(H,17,18).